The molecule has 3 aromatic rings. The second-order valence-corrected chi connectivity index (χ2v) is 5.50. The van der Waals surface area contributed by atoms with E-state index in [1.54, 1.807) is 6.07 Å². The zero-order chi connectivity index (χ0) is 16.1. The number of aromatic amines is 1. The highest BCUT2D eigenvalue weighted by Gasteiger charge is 2.10. The molecule has 0 bridgehead atoms. The second-order valence-electron chi connectivity index (χ2n) is 5.50. The van der Waals surface area contributed by atoms with E-state index in [2.05, 4.69) is 29.2 Å². The fraction of sp³-hybridized carbons (Fsp3) is 0.211. The van der Waals surface area contributed by atoms with Gasteiger partial charge in [-0.3, -0.25) is 0 Å². The fourth-order valence-corrected chi connectivity index (χ4v) is 2.63. The summed E-state index contributed by atoms with van der Waals surface area (Å²) in [7, 11) is 0. The topological polar surface area (TPSA) is 62.3 Å². The third-order valence-electron chi connectivity index (χ3n) is 3.81. The van der Waals surface area contributed by atoms with Crippen LogP contribution in [0.5, 0.6) is 5.75 Å². The van der Waals surface area contributed by atoms with E-state index < -0.39 is 5.97 Å². The molecule has 1 aromatic heterocycles. The molecule has 23 heavy (non-hydrogen) atoms. The zero-order valence-electron chi connectivity index (χ0n) is 12.8. The smallest absolute Gasteiger partial charge is 0.352 e. The van der Waals surface area contributed by atoms with Crippen molar-refractivity contribution in [2.24, 2.45) is 0 Å². The Bertz CT molecular complexity index is 793. The summed E-state index contributed by atoms with van der Waals surface area (Å²) in [5.74, 6) is -0.235. The van der Waals surface area contributed by atoms with Crippen molar-refractivity contribution in [3.8, 4) is 5.75 Å². The highest BCUT2D eigenvalue weighted by Crippen LogP contribution is 2.26. The Morgan fingerprint density at radius 1 is 1.04 bits per heavy atom. The molecule has 4 nitrogen and oxygen atoms in total. The number of carbonyl (C=O) groups is 1. The van der Waals surface area contributed by atoms with Crippen LogP contribution in [0.1, 0.15) is 28.9 Å². The van der Waals surface area contributed by atoms with Crippen LogP contribution in [0.15, 0.2) is 54.6 Å². The predicted octanol–water partition coefficient (Wildman–Crippen LogP) is 4.27. The minimum atomic E-state index is -0.963. The molecular weight excluding hydrogens is 290 g/mol. The van der Waals surface area contributed by atoms with Crippen LogP contribution in [0.2, 0.25) is 0 Å². The number of hydrogen-bond donors (Lipinski definition) is 2. The van der Waals surface area contributed by atoms with Gasteiger partial charge in [-0.1, -0.05) is 36.4 Å². The number of carboxylic acid groups (broad SMARTS) is 1. The number of aryl methyl sites for hydroxylation is 1. The van der Waals surface area contributed by atoms with Gasteiger partial charge in [0, 0.05) is 10.9 Å². The van der Waals surface area contributed by atoms with Crippen LogP contribution in [0, 0.1) is 0 Å². The van der Waals surface area contributed by atoms with E-state index in [9.17, 15) is 4.79 Å². The van der Waals surface area contributed by atoms with Crippen molar-refractivity contribution in [1.29, 1.82) is 0 Å². The Labute approximate surface area is 134 Å². The summed E-state index contributed by atoms with van der Waals surface area (Å²) in [6.07, 6.45) is 3.07. The summed E-state index contributed by atoms with van der Waals surface area (Å²) in [6.45, 7) is 0.625. The van der Waals surface area contributed by atoms with Crippen molar-refractivity contribution >= 4 is 16.9 Å². The maximum Gasteiger partial charge on any atom is 0.352 e. The summed E-state index contributed by atoms with van der Waals surface area (Å²) >= 11 is 0. The average Bonchev–Trinajstić information content (AvgIpc) is 3.01. The maximum absolute atomic E-state index is 11.0. The predicted molar refractivity (Wildman–Crippen MR) is 90.1 cm³/mol. The van der Waals surface area contributed by atoms with E-state index in [-0.39, 0.29) is 5.69 Å². The van der Waals surface area contributed by atoms with Gasteiger partial charge in [-0.25, -0.2) is 4.79 Å². The molecular formula is C19H19NO3. The Kier molecular flexibility index (Phi) is 4.62. The van der Waals surface area contributed by atoms with Gasteiger partial charge in [-0.2, -0.15) is 0 Å². The van der Waals surface area contributed by atoms with Gasteiger partial charge >= 0.3 is 5.97 Å². The van der Waals surface area contributed by atoms with Gasteiger partial charge < -0.3 is 14.8 Å². The number of H-pyrrole nitrogens is 1. The van der Waals surface area contributed by atoms with Crippen molar-refractivity contribution in [3.05, 3.63) is 65.9 Å². The summed E-state index contributed by atoms with van der Waals surface area (Å²) in [6, 6.07) is 17.6. The monoisotopic (exact) mass is 309 g/mol. The van der Waals surface area contributed by atoms with Gasteiger partial charge in [-0.05, 0) is 43.0 Å². The highest BCUT2D eigenvalue weighted by atomic mass is 16.5. The molecule has 1 heterocycles. The Morgan fingerprint density at radius 2 is 1.87 bits per heavy atom. The Balaban J connectivity index is 1.56. The molecule has 0 amide bonds. The Hall–Kier alpha value is -2.75. The molecule has 0 radical (unpaired) electrons. The molecule has 0 spiro atoms. The normalized spacial score (nSPS) is 10.8. The first-order chi connectivity index (χ1) is 11.2. The average molecular weight is 309 g/mol. The quantitative estimate of drug-likeness (QED) is 0.641. The Morgan fingerprint density at radius 3 is 2.65 bits per heavy atom. The van der Waals surface area contributed by atoms with Crippen molar-refractivity contribution in [2.75, 3.05) is 6.61 Å². The molecule has 0 aliphatic carbocycles. The summed E-state index contributed by atoms with van der Waals surface area (Å²) in [5.41, 5.74) is 2.30. The van der Waals surface area contributed by atoms with Crippen LogP contribution in [0.3, 0.4) is 0 Å². The molecule has 4 heteroatoms. The number of aromatic carboxylic acids is 1. The first-order valence-corrected chi connectivity index (χ1v) is 7.76. The minimum Gasteiger partial charge on any atom is -0.493 e. The SMILES string of the molecule is O=C(O)c1cc2c(OCCCCc3ccccc3)cccc2[nH]1. The van der Waals surface area contributed by atoms with E-state index in [4.69, 9.17) is 9.84 Å². The minimum absolute atomic E-state index is 0.181. The number of ether oxygens (including phenoxy) is 1. The number of aromatic nitrogens is 1. The number of hydrogen-bond acceptors (Lipinski definition) is 2. The lowest BCUT2D eigenvalue weighted by Gasteiger charge is -2.07. The molecule has 0 saturated heterocycles. The number of fused-ring (bicyclic) bond motifs is 1. The first kappa shape index (κ1) is 15.2. The third-order valence-corrected chi connectivity index (χ3v) is 3.81. The molecule has 0 saturated carbocycles. The standard InChI is InChI=1S/C19H19NO3/c21-19(22)17-13-15-16(20-17)10-6-11-18(15)23-12-5-4-9-14-7-2-1-3-8-14/h1-3,6-8,10-11,13,20H,4-5,9,12H2,(H,21,22). The van der Waals surface area contributed by atoms with E-state index in [0.29, 0.717) is 6.61 Å². The van der Waals surface area contributed by atoms with Gasteiger partial charge in [0.2, 0.25) is 0 Å². The number of carboxylic acids is 1. The van der Waals surface area contributed by atoms with E-state index in [0.717, 1.165) is 35.9 Å². The van der Waals surface area contributed by atoms with E-state index in [1.807, 2.05) is 24.3 Å². The van der Waals surface area contributed by atoms with Crippen LogP contribution < -0.4 is 4.74 Å². The molecule has 0 atom stereocenters. The molecule has 118 valence electrons. The van der Waals surface area contributed by atoms with Gasteiger partial charge in [0.25, 0.3) is 0 Å². The van der Waals surface area contributed by atoms with Crippen molar-refractivity contribution < 1.29 is 14.6 Å². The van der Waals surface area contributed by atoms with Gasteiger partial charge in [0.1, 0.15) is 11.4 Å². The van der Waals surface area contributed by atoms with Gasteiger partial charge in [0.05, 0.1) is 6.61 Å². The lowest BCUT2D eigenvalue weighted by molar-refractivity contribution is 0.0691. The third kappa shape index (κ3) is 3.72. The van der Waals surface area contributed by atoms with Crippen LogP contribution in [0.4, 0.5) is 0 Å². The molecule has 0 unspecified atom stereocenters. The number of unbranched alkanes of at least 4 members (excludes halogenated alkanes) is 1. The molecule has 0 fully saturated rings. The zero-order valence-corrected chi connectivity index (χ0v) is 12.8. The van der Waals surface area contributed by atoms with Crippen LogP contribution >= 0.6 is 0 Å². The van der Waals surface area contributed by atoms with Gasteiger partial charge in [-0.15, -0.1) is 0 Å². The van der Waals surface area contributed by atoms with Crippen molar-refractivity contribution in [1.82, 2.24) is 4.98 Å². The molecule has 0 aliphatic rings. The summed E-state index contributed by atoms with van der Waals surface area (Å²) < 4.78 is 5.84. The van der Waals surface area contributed by atoms with E-state index >= 15 is 0 Å². The van der Waals surface area contributed by atoms with Crippen LogP contribution in [-0.2, 0) is 6.42 Å². The maximum atomic E-state index is 11.0. The highest BCUT2D eigenvalue weighted by molar-refractivity contribution is 5.96. The summed E-state index contributed by atoms with van der Waals surface area (Å²) in [5, 5.41) is 9.87. The molecule has 2 N–H and O–H groups in total. The largest absolute Gasteiger partial charge is 0.493 e. The molecule has 3 rings (SSSR count). The molecule has 0 aliphatic heterocycles. The lowest BCUT2D eigenvalue weighted by atomic mass is 10.1. The second kappa shape index (κ2) is 7.01. The molecule has 2 aromatic carbocycles. The lowest BCUT2D eigenvalue weighted by Crippen LogP contribution is -1.98. The number of benzene rings is 2. The summed E-state index contributed by atoms with van der Waals surface area (Å²) in [4.78, 5) is 13.9. The van der Waals surface area contributed by atoms with Gasteiger partial charge in [0.15, 0.2) is 0 Å². The number of rotatable bonds is 7. The fourth-order valence-electron chi connectivity index (χ4n) is 2.63. The van der Waals surface area contributed by atoms with E-state index in [1.165, 1.54) is 5.56 Å². The first-order valence-electron chi connectivity index (χ1n) is 7.76. The van der Waals surface area contributed by atoms with Crippen LogP contribution in [-0.4, -0.2) is 22.7 Å². The van der Waals surface area contributed by atoms with Crippen LogP contribution in [0.25, 0.3) is 10.9 Å². The number of nitrogens with one attached hydrogen (secondary N) is 1. The van der Waals surface area contributed by atoms with Crippen molar-refractivity contribution in [2.45, 2.75) is 19.3 Å². The van der Waals surface area contributed by atoms with Crippen molar-refractivity contribution in [3.63, 3.8) is 0 Å².